The van der Waals surface area contributed by atoms with E-state index in [0.29, 0.717) is 17.6 Å². The molecular formula is C16H23N7O. The highest BCUT2D eigenvalue weighted by atomic mass is 16.2. The number of likely N-dealkylation sites (N-methyl/N-ethyl adjacent to an activating group) is 1. The van der Waals surface area contributed by atoms with Crippen LogP contribution in [0, 0.1) is 0 Å². The molecule has 8 nitrogen and oxygen atoms in total. The number of carbonyl (C=O) groups is 1. The summed E-state index contributed by atoms with van der Waals surface area (Å²) in [6, 6.07) is 3.53. The first-order valence-corrected chi connectivity index (χ1v) is 7.98. The van der Waals surface area contributed by atoms with Gasteiger partial charge in [-0.2, -0.15) is 9.67 Å². The van der Waals surface area contributed by atoms with E-state index in [2.05, 4.69) is 20.4 Å². The van der Waals surface area contributed by atoms with Gasteiger partial charge in [0, 0.05) is 27.3 Å². The van der Waals surface area contributed by atoms with Crippen molar-refractivity contribution >= 4 is 11.9 Å². The maximum absolute atomic E-state index is 12.1. The van der Waals surface area contributed by atoms with Crippen LogP contribution in [0.4, 0.5) is 5.95 Å². The van der Waals surface area contributed by atoms with Gasteiger partial charge in [0.05, 0.1) is 11.5 Å². The molecule has 0 radical (unpaired) electrons. The van der Waals surface area contributed by atoms with E-state index < -0.39 is 5.41 Å². The predicted molar refractivity (Wildman–Crippen MR) is 91.1 cm³/mol. The quantitative estimate of drug-likeness (QED) is 0.829. The lowest BCUT2D eigenvalue weighted by Crippen LogP contribution is -2.31. The fraction of sp³-hybridized carbons (Fsp3) is 0.500. The number of rotatable bonds is 5. The molecule has 1 aliphatic carbocycles. The van der Waals surface area contributed by atoms with E-state index in [9.17, 15) is 4.79 Å². The van der Waals surface area contributed by atoms with Crippen molar-refractivity contribution in [2.45, 2.75) is 31.2 Å². The molecule has 1 saturated carbocycles. The molecule has 0 aliphatic heterocycles. The number of hydrogen-bond donors (Lipinski definition) is 2. The lowest BCUT2D eigenvalue weighted by atomic mass is 9.97. The molecule has 2 aromatic heterocycles. The summed E-state index contributed by atoms with van der Waals surface area (Å²) in [6.07, 6.45) is 3.46. The van der Waals surface area contributed by atoms with Gasteiger partial charge < -0.3 is 16.0 Å². The number of nitrogens with one attached hydrogen (secondary N) is 1. The van der Waals surface area contributed by atoms with Gasteiger partial charge in [-0.05, 0) is 31.4 Å². The van der Waals surface area contributed by atoms with Crippen LogP contribution in [0.5, 0.6) is 0 Å². The van der Waals surface area contributed by atoms with Crippen molar-refractivity contribution in [2.24, 2.45) is 5.73 Å². The molecule has 1 atom stereocenters. The topological polar surface area (TPSA) is 102 Å². The third-order valence-corrected chi connectivity index (χ3v) is 4.36. The third-order valence-electron chi connectivity index (χ3n) is 4.36. The second-order valence-corrected chi connectivity index (χ2v) is 6.43. The minimum Gasteiger partial charge on any atom is -0.358 e. The highest BCUT2D eigenvalue weighted by Crippen LogP contribution is 2.48. The lowest BCUT2D eigenvalue weighted by molar-refractivity contribution is -0.123. The Kier molecular flexibility index (Phi) is 4.00. The minimum absolute atomic E-state index is 0.0453. The fourth-order valence-electron chi connectivity index (χ4n) is 2.77. The Bertz CT molecular complexity index is 744. The molecule has 2 heterocycles. The van der Waals surface area contributed by atoms with Crippen LogP contribution in [0.3, 0.4) is 0 Å². The first kappa shape index (κ1) is 16.4. The van der Waals surface area contributed by atoms with Crippen LogP contribution in [0.1, 0.15) is 37.2 Å². The van der Waals surface area contributed by atoms with Gasteiger partial charge in [-0.3, -0.25) is 4.79 Å². The van der Waals surface area contributed by atoms with Gasteiger partial charge >= 0.3 is 0 Å². The van der Waals surface area contributed by atoms with Crippen molar-refractivity contribution in [3.63, 3.8) is 0 Å². The lowest BCUT2D eigenvalue weighted by Gasteiger charge is -2.14. The highest BCUT2D eigenvalue weighted by molar-refractivity contribution is 5.90. The summed E-state index contributed by atoms with van der Waals surface area (Å²) in [5.74, 6) is 1.91. The summed E-state index contributed by atoms with van der Waals surface area (Å²) < 4.78 is 1.66. The van der Waals surface area contributed by atoms with Crippen LogP contribution in [0.15, 0.2) is 18.3 Å². The Morgan fingerprint density at radius 2 is 2.12 bits per heavy atom. The zero-order valence-corrected chi connectivity index (χ0v) is 14.4. The van der Waals surface area contributed by atoms with Gasteiger partial charge in [-0.25, -0.2) is 4.98 Å². The summed E-state index contributed by atoms with van der Waals surface area (Å²) in [7, 11) is 5.42. The van der Waals surface area contributed by atoms with Gasteiger partial charge in [-0.1, -0.05) is 6.07 Å². The van der Waals surface area contributed by atoms with Crippen LogP contribution >= 0.6 is 0 Å². The molecule has 1 fully saturated rings. The SMILES string of the molecule is CNC(=O)C1(c2ccc(-n3nc(N(C)C)nc3[C@H](C)N)nc2)CC1. The molecule has 1 amide bonds. The first-order chi connectivity index (χ1) is 11.4. The number of pyridine rings is 1. The van der Waals surface area contributed by atoms with E-state index in [0.717, 1.165) is 18.4 Å². The number of nitrogens with zero attached hydrogens (tertiary/aromatic N) is 5. The van der Waals surface area contributed by atoms with E-state index >= 15 is 0 Å². The van der Waals surface area contributed by atoms with Crippen LogP contribution in [0.2, 0.25) is 0 Å². The molecular weight excluding hydrogens is 306 g/mol. The minimum atomic E-state index is -0.415. The second-order valence-electron chi connectivity index (χ2n) is 6.43. The fourth-order valence-corrected chi connectivity index (χ4v) is 2.77. The first-order valence-electron chi connectivity index (χ1n) is 7.98. The Balaban J connectivity index is 1.96. The molecule has 0 aromatic carbocycles. The number of aromatic nitrogens is 4. The average Bonchev–Trinajstić information content (AvgIpc) is 3.25. The van der Waals surface area contributed by atoms with Crippen LogP contribution in [0.25, 0.3) is 5.82 Å². The van der Waals surface area contributed by atoms with Crippen LogP contribution in [-0.2, 0) is 10.2 Å². The molecule has 0 bridgehead atoms. The summed E-state index contributed by atoms with van der Waals surface area (Å²) in [5, 5.41) is 7.21. The number of amides is 1. The zero-order chi connectivity index (χ0) is 17.5. The summed E-state index contributed by atoms with van der Waals surface area (Å²) in [6.45, 7) is 1.86. The Morgan fingerprint density at radius 1 is 1.42 bits per heavy atom. The Labute approximate surface area is 141 Å². The van der Waals surface area contributed by atoms with Gasteiger partial charge in [0.2, 0.25) is 11.9 Å². The van der Waals surface area contributed by atoms with Crippen molar-refractivity contribution in [2.75, 3.05) is 26.0 Å². The number of anilines is 1. The Morgan fingerprint density at radius 3 is 2.58 bits per heavy atom. The molecule has 3 N–H and O–H groups in total. The number of carbonyl (C=O) groups excluding carboxylic acids is 1. The van der Waals surface area contributed by atoms with E-state index in [1.54, 1.807) is 17.9 Å². The number of hydrogen-bond acceptors (Lipinski definition) is 6. The van der Waals surface area contributed by atoms with E-state index in [-0.39, 0.29) is 11.9 Å². The second kappa shape index (κ2) is 5.86. The molecule has 0 saturated heterocycles. The van der Waals surface area contributed by atoms with Crippen LogP contribution < -0.4 is 16.0 Å². The van der Waals surface area contributed by atoms with Gasteiger partial charge in [0.15, 0.2) is 11.6 Å². The molecule has 0 spiro atoms. The van der Waals surface area contributed by atoms with Crippen molar-refractivity contribution in [1.82, 2.24) is 25.1 Å². The molecule has 3 rings (SSSR count). The van der Waals surface area contributed by atoms with E-state index in [4.69, 9.17) is 5.73 Å². The average molecular weight is 329 g/mol. The smallest absolute Gasteiger partial charge is 0.245 e. The van der Waals surface area contributed by atoms with E-state index in [1.807, 2.05) is 38.1 Å². The molecule has 0 unspecified atom stereocenters. The zero-order valence-electron chi connectivity index (χ0n) is 14.4. The van der Waals surface area contributed by atoms with Crippen molar-refractivity contribution in [3.8, 4) is 5.82 Å². The number of nitrogens with two attached hydrogens (primary N) is 1. The van der Waals surface area contributed by atoms with Crippen molar-refractivity contribution < 1.29 is 4.79 Å². The molecule has 24 heavy (non-hydrogen) atoms. The maximum atomic E-state index is 12.1. The largest absolute Gasteiger partial charge is 0.358 e. The highest BCUT2D eigenvalue weighted by Gasteiger charge is 2.51. The third kappa shape index (κ3) is 2.62. The summed E-state index contributed by atoms with van der Waals surface area (Å²) >= 11 is 0. The summed E-state index contributed by atoms with van der Waals surface area (Å²) in [5.41, 5.74) is 6.53. The van der Waals surface area contributed by atoms with Crippen molar-refractivity contribution in [1.29, 1.82) is 0 Å². The van der Waals surface area contributed by atoms with Crippen molar-refractivity contribution in [3.05, 3.63) is 29.7 Å². The van der Waals surface area contributed by atoms with E-state index in [1.165, 1.54) is 0 Å². The predicted octanol–water partition coefficient (Wildman–Crippen LogP) is 0.526. The van der Waals surface area contributed by atoms with Crippen LogP contribution in [-0.4, -0.2) is 46.8 Å². The Hall–Kier alpha value is -2.48. The summed E-state index contributed by atoms with van der Waals surface area (Å²) in [4.78, 5) is 22.9. The van der Waals surface area contributed by atoms with Gasteiger partial charge in [0.1, 0.15) is 0 Å². The van der Waals surface area contributed by atoms with Gasteiger partial charge in [-0.15, -0.1) is 5.10 Å². The van der Waals surface area contributed by atoms with Gasteiger partial charge in [0.25, 0.3) is 0 Å². The standard InChI is InChI=1S/C16H23N7O/c1-10(17)13-20-15(22(3)4)21-23(13)12-6-5-11(9-19-12)16(7-8-16)14(24)18-2/h5-6,9-10H,7-8,17H2,1-4H3,(H,18,24)/t10-/m0/s1. The molecule has 128 valence electrons. The molecule has 1 aliphatic rings. The normalized spacial score (nSPS) is 16.5. The molecule has 8 heteroatoms. The monoisotopic (exact) mass is 329 g/mol. The maximum Gasteiger partial charge on any atom is 0.245 e. The molecule has 2 aromatic rings.